The first-order chi connectivity index (χ1) is 16.2. The fourth-order valence-corrected chi connectivity index (χ4v) is 4.67. The van der Waals surface area contributed by atoms with Gasteiger partial charge in [0.2, 0.25) is 5.91 Å². The minimum Gasteiger partial charge on any atom is -0.493 e. The third kappa shape index (κ3) is 5.29. The lowest BCUT2D eigenvalue weighted by Gasteiger charge is -2.25. The van der Waals surface area contributed by atoms with Gasteiger partial charge in [0.15, 0.2) is 11.5 Å². The number of carbonyl (C=O) groups is 2. The quantitative estimate of drug-likeness (QED) is 0.482. The zero-order valence-corrected chi connectivity index (χ0v) is 19.8. The number of amides is 2. The van der Waals surface area contributed by atoms with E-state index < -0.39 is 28.4 Å². The molecule has 3 N–H and O–H groups in total. The topological polar surface area (TPSA) is 128 Å². The Hall–Kier alpha value is -4.05. The van der Waals surface area contributed by atoms with Crippen LogP contribution in [-0.4, -0.2) is 41.0 Å². The molecular formula is C24H25N3O6S. The van der Waals surface area contributed by atoms with Crippen LogP contribution in [0.5, 0.6) is 11.5 Å². The van der Waals surface area contributed by atoms with Crippen molar-refractivity contribution in [2.45, 2.75) is 11.8 Å². The Labute approximate surface area is 198 Å². The lowest BCUT2D eigenvalue weighted by atomic mass is 10.1. The number of methoxy groups -OCH3 is 2. The van der Waals surface area contributed by atoms with E-state index in [0.29, 0.717) is 11.5 Å². The average Bonchev–Trinajstić information content (AvgIpc) is 2.82. The molecule has 0 unspecified atom stereocenters. The van der Waals surface area contributed by atoms with Crippen molar-refractivity contribution in [2.75, 3.05) is 30.4 Å². The molecule has 0 heterocycles. The smallest absolute Gasteiger partial charge is 0.264 e. The lowest BCUT2D eigenvalue weighted by molar-refractivity contribution is -0.114. The van der Waals surface area contributed by atoms with Gasteiger partial charge in [0.05, 0.1) is 36.1 Å². The van der Waals surface area contributed by atoms with Crippen molar-refractivity contribution < 1.29 is 27.5 Å². The van der Waals surface area contributed by atoms with Gasteiger partial charge in [-0.15, -0.1) is 0 Å². The van der Waals surface area contributed by atoms with Crippen molar-refractivity contribution >= 4 is 33.2 Å². The van der Waals surface area contributed by atoms with E-state index in [1.165, 1.54) is 50.6 Å². The van der Waals surface area contributed by atoms with Crippen LogP contribution < -0.4 is 24.8 Å². The van der Waals surface area contributed by atoms with Gasteiger partial charge >= 0.3 is 0 Å². The second-order valence-corrected chi connectivity index (χ2v) is 9.18. The van der Waals surface area contributed by atoms with E-state index in [0.717, 1.165) is 9.87 Å². The number of para-hydroxylation sites is 1. The highest BCUT2D eigenvalue weighted by molar-refractivity contribution is 7.92. The Morgan fingerprint density at radius 1 is 0.941 bits per heavy atom. The second kappa shape index (κ2) is 10.3. The van der Waals surface area contributed by atoms with Crippen molar-refractivity contribution in [3.8, 4) is 11.5 Å². The van der Waals surface area contributed by atoms with Gasteiger partial charge in [-0.25, -0.2) is 8.42 Å². The molecule has 0 aromatic heterocycles. The summed E-state index contributed by atoms with van der Waals surface area (Å²) in [5, 5.41) is 2.57. The van der Waals surface area contributed by atoms with Gasteiger partial charge in [-0.2, -0.15) is 0 Å². The Kier molecular flexibility index (Phi) is 7.42. The molecule has 34 heavy (non-hydrogen) atoms. The summed E-state index contributed by atoms with van der Waals surface area (Å²) in [6.45, 7) is 1.27. The van der Waals surface area contributed by atoms with Gasteiger partial charge in [0.25, 0.3) is 15.9 Å². The van der Waals surface area contributed by atoms with Crippen molar-refractivity contribution in [2.24, 2.45) is 5.73 Å². The molecule has 0 fully saturated rings. The number of ether oxygens (including phenoxy) is 2. The molecule has 0 radical (unpaired) electrons. The monoisotopic (exact) mass is 483 g/mol. The molecule has 0 saturated heterocycles. The third-order valence-electron chi connectivity index (χ3n) is 5.02. The fourth-order valence-electron chi connectivity index (χ4n) is 3.26. The van der Waals surface area contributed by atoms with Crippen LogP contribution in [0, 0.1) is 6.92 Å². The maximum atomic E-state index is 13.6. The molecular weight excluding hydrogens is 458 g/mol. The number of nitrogens with two attached hydrogens (primary N) is 1. The molecule has 178 valence electrons. The van der Waals surface area contributed by atoms with E-state index >= 15 is 0 Å². The summed E-state index contributed by atoms with van der Waals surface area (Å²) in [5.74, 6) is -0.693. The fraction of sp³-hybridized carbons (Fsp3) is 0.167. The van der Waals surface area contributed by atoms with Crippen molar-refractivity contribution in [3.05, 3.63) is 77.9 Å². The first-order valence-electron chi connectivity index (χ1n) is 10.2. The van der Waals surface area contributed by atoms with Crippen LogP contribution in [0.1, 0.15) is 15.9 Å². The standard InChI is InChI=1S/C24H25N3O6S/c1-16-8-11-18(12-9-16)34(30,31)27(17-10-13-21(32-2)22(14-17)33-3)15-23(28)26-20-7-5-4-6-19(20)24(25)29/h4-14H,15H2,1-3H3,(H2,25,29)(H,26,28). The van der Waals surface area contributed by atoms with Crippen LogP contribution >= 0.6 is 0 Å². The zero-order chi connectivity index (χ0) is 24.9. The lowest BCUT2D eigenvalue weighted by Crippen LogP contribution is -2.38. The summed E-state index contributed by atoms with van der Waals surface area (Å²) in [7, 11) is -1.26. The molecule has 0 saturated carbocycles. The van der Waals surface area contributed by atoms with Crippen LogP contribution in [0.4, 0.5) is 11.4 Å². The number of aryl methyl sites for hydroxylation is 1. The Balaban J connectivity index is 2.03. The molecule has 10 heteroatoms. The van der Waals surface area contributed by atoms with Crippen LogP contribution in [0.3, 0.4) is 0 Å². The first-order valence-corrected chi connectivity index (χ1v) is 11.6. The molecule has 0 bridgehead atoms. The van der Waals surface area contributed by atoms with E-state index in [9.17, 15) is 18.0 Å². The van der Waals surface area contributed by atoms with Crippen LogP contribution in [0.15, 0.2) is 71.6 Å². The van der Waals surface area contributed by atoms with Crippen LogP contribution in [0.25, 0.3) is 0 Å². The molecule has 0 spiro atoms. The van der Waals surface area contributed by atoms with E-state index in [1.54, 1.807) is 30.3 Å². The highest BCUT2D eigenvalue weighted by atomic mass is 32.2. The van der Waals surface area contributed by atoms with Gasteiger partial charge in [0, 0.05) is 6.07 Å². The Bertz CT molecular complexity index is 1310. The molecule has 0 aliphatic heterocycles. The summed E-state index contributed by atoms with van der Waals surface area (Å²) >= 11 is 0. The molecule has 3 rings (SSSR count). The summed E-state index contributed by atoms with van der Waals surface area (Å²) in [5.41, 5.74) is 6.74. The summed E-state index contributed by atoms with van der Waals surface area (Å²) in [4.78, 5) is 24.7. The maximum absolute atomic E-state index is 13.6. The van der Waals surface area contributed by atoms with Gasteiger partial charge in [-0.05, 0) is 43.3 Å². The van der Waals surface area contributed by atoms with Crippen LogP contribution in [-0.2, 0) is 14.8 Å². The Morgan fingerprint density at radius 2 is 1.59 bits per heavy atom. The highest BCUT2D eigenvalue weighted by Crippen LogP contribution is 2.34. The summed E-state index contributed by atoms with van der Waals surface area (Å²) < 4.78 is 38.6. The predicted octanol–water partition coefficient (Wildman–Crippen LogP) is 2.95. The van der Waals surface area contributed by atoms with Gasteiger partial charge in [-0.3, -0.25) is 13.9 Å². The average molecular weight is 484 g/mol. The van der Waals surface area contributed by atoms with Gasteiger partial charge < -0.3 is 20.5 Å². The molecule has 0 aliphatic carbocycles. The van der Waals surface area contributed by atoms with E-state index in [1.807, 2.05) is 6.92 Å². The largest absolute Gasteiger partial charge is 0.493 e. The number of primary amides is 1. The molecule has 3 aromatic carbocycles. The molecule has 0 aliphatic rings. The summed E-state index contributed by atoms with van der Waals surface area (Å²) in [6, 6.07) is 17.0. The number of nitrogens with one attached hydrogen (secondary N) is 1. The Morgan fingerprint density at radius 3 is 2.21 bits per heavy atom. The predicted molar refractivity (Wildman–Crippen MR) is 129 cm³/mol. The number of rotatable bonds is 9. The third-order valence-corrected chi connectivity index (χ3v) is 6.81. The van der Waals surface area contributed by atoms with Crippen molar-refractivity contribution in [3.63, 3.8) is 0 Å². The van der Waals surface area contributed by atoms with Gasteiger partial charge in [0.1, 0.15) is 6.54 Å². The van der Waals surface area contributed by atoms with Crippen molar-refractivity contribution in [1.29, 1.82) is 0 Å². The van der Waals surface area contributed by atoms with Crippen molar-refractivity contribution in [1.82, 2.24) is 0 Å². The summed E-state index contributed by atoms with van der Waals surface area (Å²) in [6.07, 6.45) is 0. The SMILES string of the molecule is COc1ccc(N(CC(=O)Nc2ccccc2C(N)=O)S(=O)(=O)c2ccc(C)cc2)cc1OC. The molecule has 2 amide bonds. The zero-order valence-electron chi connectivity index (χ0n) is 18.9. The molecule has 0 atom stereocenters. The van der Waals surface area contributed by atoms with Crippen LogP contribution in [0.2, 0.25) is 0 Å². The highest BCUT2D eigenvalue weighted by Gasteiger charge is 2.28. The van der Waals surface area contributed by atoms with E-state index in [-0.39, 0.29) is 21.8 Å². The van der Waals surface area contributed by atoms with Gasteiger partial charge in [-0.1, -0.05) is 29.8 Å². The first kappa shape index (κ1) is 24.6. The number of nitrogens with zero attached hydrogens (tertiary/aromatic N) is 1. The molecule has 3 aromatic rings. The maximum Gasteiger partial charge on any atom is 0.264 e. The minimum atomic E-state index is -4.14. The molecule has 9 nitrogen and oxygen atoms in total. The van der Waals surface area contributed by atoms with E-state index in [4.69, 9.17) is 15.2 Å². The normalized spacial score (nSPS) is 10.9. The number of anilines is 2. The number of carbonyl (C=O) groups excluding carboxylic acids is 2. The second-order valence-electron chi connectivity index (χ2n) is 7.32. The minimum absolute atomic E-state index is 0.0122. The number of benzene rings is 3. The number of sulfonamides is 1. The number of hydrogen-bond donors (Lipinski definition) is 2. The number of hydrogen-bond acceptors (Lipinski definition) is 6. The van der Waals surface area contributed by atoms with E-state index in [2.05, 4.69) is 5.32 Å².